The van der Waals surface area contributed by atoms with Crippen LogP contribution >= 0.6 is 0 Å². The van der Waals surface area contributed by atoms with Gasteiger partial charge in [-0.1, -0.05) is 13.8 Å². The van der Waals surface area contributed by atoms with Gasteiger partial charge in [-0.25, -0.2) is 0 Å². The summed E-state index contributed by atoms with van der Waals surface area (Å²) in [7, 11) is 1.98. The Bertz CT molecular complexity index is 315. The van der Waals surface area contributed by atoms with E-state index in [4.69, 9.17) is 0 Å². The van der Waals surface area contributed by atoms with Crippen LogP contribution in [0.1, 0.15) is 45.0 Å². The zero-order valence-corrected chi connectivity index (χ0v) is 10.7. The van der Waals surface area contributed by atoms with Gasteiger partial charge in [0.15, 0.2) is 0 Å². The second kappa shape index (κ2) is 4.79. The van der Waals surface area contributed by atoms with Crippen LogP contribution in [-0.4, -0.2) is 15.8 Å². The summed E-state index contributed by atoms with van der Waals surface area (Å²) in [6.07, 6.45) is 1.96. The molecule has 0 saturated heterocycles. The molecule has 1 aromatic rings. The van der Waals surface area contributed by atoms with E-state index in [0.29, 0.717) is 18.0 Å². The minimum absolute atomic E-state index is 0.371. The zero-order chi connectivity index (χ0) is 11.6. The summed E-state index contributed by atoms with van der Waals surface area (Å²) in [5, 5.41) is 7.86. The van der Waals surface area contributed by atoms with Crippen molar-refractivity contribution in [2.45, 2.75) is 46.7 Å². The largest absolute Gasteiger partial charge is 0.307 e. The molecular formula is C12H23N3. The molecule has 1 N–H and O–H groups in total. The molecule has 0 saturated carbocycles. The second-order valence-electron chi connectivity index (χ2n) is 4.73. The molecule has 0 spiro atoms. The van der Waals surface area contributed by atoms with Crippen LogP contribution in [0.3, 0.4) is 0 Å². The normalized spacial score (nSPS) is 15.7. The van der Waals surface area contributed by atoms with Crippen molar-refractivity contribution in [2.24, 2.45) is 13.0 Å². The molecule has 86 valence electrons. The smallest absolute Gasteiger partial charge is 0.0540 e. The number of hydrogen-bond acceptors (Lipinski definition) is 2. The molecule has 0 radical (unpaired) electrons. The van der Waals surface area contributed by atoms with Gasteiger partial charge in [-0.2, -0.15) is 5.10 Å². The van der Waals surface area contributed by atoms with E-state index in [1.54, 1.807) is 0 Å². The molecule has 0 fully saturated rings. The Morgan fingerprint density at radius 1 is 1.27 bits per heavy atom. The highest BCUT2D eigenvalue weighted by atomic mass is 15.3. The summed E-state index contributed by atoms with van der Waals surface area (Å²) < 4.78 is 1.92. The van der Waals surface area contributed by atoms with Gasteiger partial charge in [0.1, 0.15) is 0 Å². The second-order valence-corrected chi connectivity index (χ2v) is 4.73. The van der Waals surface area contributed by atoms with Crippen molar-refractivity contribution >= 4 is 0 Å². The summed E-state index contributed by atoms with van der Waals surface area (Å²) in [6.45, 7) is 11.0. The molecule has 15 heavy (non-hydrogen) atoms. The summed E-state index contributed by atoms with van der Waals surface area (Å²) in [6, 6.07) is 0.899. The molecule has 2 unspecified atom stereocenters. The molecule has 0 bridgehead atoms. The van der Waals surface area contributed by atoms with Gasteiger partial charge in [-0.15, -0.1) is 0 Å². The molecule has 0 aliphatic carbocycles. The topological polar surface area (TPSA) is 29.9 Å². The molecule has 1 rings (SSSR count). The Kier molecular flexibility index (Phi) is 3.91. The van der Waals surface area contributed by atoms with Gasteiger partial charge in [0.05, 0.1) is 6.20 Å². The van der Waals surface area contributed by atoms with Crippen molar-refractivity contribution in [1.29, 1.82) is 0 Å². The number of nitrogens with zero attached hydrogens (tertiary/aromatic N) is 2. The maximum Gasteiger partial charge on any atom is 0.0540 e. The molecule has 1 aromatic heterocycles. The van der Waals surface area contributed by atoms with Crippen LogP contribution in [0.2, 0.25) is 0 Å². The van der Waals surface area contributed by atoms with Crippen molar-refractivity contribution < 1.29 is 0 Å². The highest BCUT2D eigenvalue weighted by Crippen LogP contribution is 2.17. The van der Waals surface area contributed by atoms with Crippen molar-refractivity contribution in [3.63, 3.8) is 0 Å². The van der Waals surface area contributed by atoms with E-state index < -0.39 is 0 Å². The molecule has 3 nitrogen and oxygen atoms in total. The van der Waals surface area contributed by atoms with Crippen LogP contribution in [0.25, 0.3) is 0 Å². The lowest BCUT2D eigenvalue weighted by atomic mass is 10.0. The molecule has 3 heteroatoms. The Labute approximate surface area is 92.9 Å². The first kappa shape index (κ1) is 12.2. The Morgan fingerprint density at radius 3 is 2.27 bits per heavy atom. The van der Waals surface area contributed by atoms with E-state index in [9.17, 15) is 0 Å². The lowest BCUT2D eigenvalue weighted by molar-refractivity contribution is 0.388. The van der Waals surface area contributed by atoms with E-state index in [1.165, 1.54) is 11.3 Å². The van der Waals surface area contributed by atoms with Crippen LogP contribution in [0.15, 0.2) is 6.20 Å². The maximum atomic E-state index is 4.27. The van der Waals surface area contributed by atoms with E-state index in [0.717, 1.165) is 0 Å². The van der Waals surface area contributed by atoms with Crippen molar-refractivity contribution in [1.82, 2.24) is 15.1 Å². The standard InChI is InChI=1S/C12H23N3/c1-8(2)9(3)14-10(4)12-7-13-15(6)11(12)5/h7-10,14H,1-6H3. The van der Waals surface area contributed by atoms with Crippen LogP contribution in [0.4, 0.5) is 0 Å². The fourth-order valence-electron chi connectivity index (χ4n) is 1.62. The summed E-state index contributed by atoms with van der Waals surface area (Å²) in [5.41, 5.74) is 2.54. The van der Waals surface area contributed by atoms with Gasteiger partial charge in [-0.3, -0.25) is 4.68 Å². The molecule has 0 aliphatic rings. The predicted molar refractivity (Wildman–Crippen MR) is 63.8 cm³/mol. The van der Waals surface area contributed by atoms with Gasteiger partial charge in [0.2, 0.25) is 0 Å². The van der Waals surface area contributed by atoms with E-state index >= 15 is 0 Å². The van der Waals surface area contributed by atoms with Gasteiger partial charge in [-0.05, 0) is 26.7 Å². The fourth-order valence-corrected chi connectivity index (χ4v) is 1.62. The summed E-state index contributed by atoms with van der Waals surface area (Å²) in [5.74, 6) is 0.657. The van der Waals surface area contributed by atoms with Gasteiger partial charge < -0.3 is 5.32 Å². The molecular weight excluding hydrogens is 186 g/mol. The van der Waals surface area contributed by atoms with Gasteiger partial charge in [0.25, 0.3) is 0 Å². The van der Waals surface area contributed by atoms with E-state index in [-0.39, 0.29) is 0 Å². The monoisotopic (exact) mass is 209 g/mol. The number of aromatic nitrogens is 2. The van der Waals surface area contributed by atoms with Gasteiger partial charge in [0, 0.05) is 30.4 Å². The number of nitrogens with one attached hydrogen (secondary N) is 1. The zero-order valence-electron chi connectivity index (χ0n) is 10.7. The van der Waals surface area contributed by atoms with Crippen molar-refractivity contribution in [3.8, 4) is 0 Å². The van der Waals surface area contributed by atoms with Crippen LogP contribution in [0, 0.1) is 12.8 Å². The first-order valence-corrected chi connectivity index (χ1v) is 5.68. The first-order chi connectivity index (χ1) is 6.93. The number of hydrogen-bond donors (Lipinski definition) is 1. The molecule has 2 atom stereocenters. The summed E-state index contributed by atoms with van der Waals surface area (Å²) in [4.78, 5) is 0. The summed E-state index contributed by atoms with van der Waals surface area (Å²) >= 11 is 0. The first-order valence-electron chi connectivity index (χ1n) is 5.68. The molecule has 1 heterocycles. The number of rotatable bonds is 4. The average molecular weight is 209 g/mol. The number of aryl methyl sites for hydroxylation is 1. The Morgan fingerprint density at radius 2 is 1.87 bits per heavy atom. The average Bonchev–Trinajstić information content (AvgIpc) is 2.47. The highest BCUT2D eigenvalue weighted by molar-refractivity contribution is 5.19. The minimum Gasteiger partial charge on any atom is -0.307 e. The van der Waals surface area contributed by atoms with Crippen LogP contribution in [-0.2, 0) is 7.05 Å². The van der Waals surface area contributed by atoms with Crippen molar-refractivity contribution in [3.05, 3.63) is 17.5 Å². The third kappa shape index (κ3) is 2.81. The Balaban J connectivity index is 2.69. The quantitative estimate of drug-likeness (QED) is 0.825. The van der Waals surface area contributed by atoms with Crippen LogP contribution < -0.4 is 5.32 Å². The fraction of sp³-hybridized carbons (Fsp3) is 0.750. The molecule has 0 aliphatic heterocycles. The Hall–Kier alpha value is -0.830. The lowest BCUT2D eigenvalue weighted by Gasteiger charge is -2.22. The highest BCUT2D eigenvalue weighted by Gasteiger charge is 2.15. The SMILES string of the molecule is Cc1c(C(C)NC(C)C(C)C)cnn1C. The maximum absolute atomic E-state index is 4.27. The third-order valence-corrected chi connectivity index (χ3v) is 3.25. The molecule has 0 amide bonds. The molecule has 0 aromatic carbocycles. The van der Waals surface area contributed by atoms with Crippen LogP contribution in [0.5, 0.6) is 0 Å². The van der Waals surface area contributed by atoms with E-state index in [2.05, 4.69) is 45.0 Å². The van der Waals surface area contributed by atoms with Crippen molar-refractivity contribution in [2.75, 3.05) is 0 Å². The predicted octanol–water partition coefficient (Wildman–Crippen LogP) is 2.42. The van der Waals surface area contributed by atoms with Gasteiger partial charge >= 0.3 is 0 Å². The van der Waals surface area contributed by atoms with E-state index in [1.807, 2.05) is 17.9 Å². The lowest BCUT2D eigenvalue weighted by Crippen LogP contribution is -2.33. The minimum atomic E-state index is 0.371. The third-order valence-electron chi connectivity index (χ3n) is 3.25.